The van der Waals surface area contributed by atoms with E-state index in [1.807, 2.05) is 6.07 Å². The highest BCUT2D eigenvalue weighted by atomic mass is 127. The topological polar surface area (TPSA) is 75.1 Å². The Bertz CT molecular complexity index is 979. The molecule has 0 aliphatic carbocycles. The lowest BCUT2D eigenvalue weighted by Crippen LogP contribution is -2.10. The summed E-state index contributed by atoms with van der Waals surface area (Å²) in [6.45, 7) is 1.78. The molecule has 0 unspecified atom stereocenters. The van der Waals surface area contributed by atoms with Gasteiger partial charge in [-0.2, -0.15) is 0 Å². The number of carboxylic acids is 1. The summed E-state index contributed by atoms with van der Waals surface area (Å²) >= 11 is 2.12. The van der Waals surface area contributed by atoms with Crippen molar-refractivity contribution < 1.29 is 18.7 Å². The number of carboxylic acid groups (broad SMARTS) is 1. The number of aromatic nitrogens is 2. The summed E-state index contributed by atoms with van der Waals surface area (Å²) in [4.78, 5) is 19.2. The van der Waals surface area contributed by atoms with E-state index in [-0.39, 0.29) is 5.52 Å². The van der Waals surface area contributed by atoms with Crippen molar-refractivity contribution in [3.8, 4) is 0 Å². The molecule has 2 aromatic carbocycles. The van der Waals surface area contributed by atoms with Crippen molar-refractivity contribution in [1.82, 2.24) is 9.97 Å². The first-order chi connectivity index (χ1) is 11.4. The maximum atomic E-state index is 14.5. The van der Waals surface area contributed by atoms with Crippen molar-refractivity contribution in [1.29, 1.82) is 0 Å². The minimum Gasteiger partial charge on any atom is -0.478 e. The quantitative estimate of drug-likeness (QED) is 0.595. The number of nitrogens with one attached hydrogen (secondary N) is 1. The number of rotatable bonds is 3. The molecule has 1 aromatic heterocycles. The van der Waals surface area contributed by atoms with Crippen LogP contribution in [0.4, 0.5) is 20.2 Å². The molecule has 0 fully saturated rings. The Labute approximate surface area is 148 Å². The Morgan fingerprint density at radius 1 is 1.17 bits per heavy atom. The third-order valence-corrected chi connectivity index (χ3v) is 4.14. The number of hydrogen-bond donors (Lipinski definition) is 2. The molecule has 122 valence electrons. The van der Waals surface area contributed by atoms with Crippen molar-refractivity contribution in [3.63, 3.8) is 0 Å². The summed E-state index contributed by atoms with van der Waals surface area (Å²) < 4.78 is 29.7. The highest BCUT2D eigenvalue weighted by Gasteiger charge is 2.26. The number of fused-ring (bicyclic) bond motifs is 1. The lowest BCUT2D eigenvalue weighted by molar-refractivity contribution is 0.0699. The molecule has 3 aromatic rings. The van der Waals surface area contributed by atoms with Crippen LogP contribution in [-0.2, 0) is 0 Å². The van der Waals surface area contributed by atoms with Crippen LogP contribution in [0.15, 0.2) is 30.6 Å². The fraction of sp³-hybridized carbons (Fsp3) is 0.0625. The molecular formula is C16H10F2IN3O2. The number of carbonyl (C=O) groups is 1. The Hall–Kier alpha value is -2.36. The predicted octanol–water partition coefficient (Wildman–Crippen LogP) is 4.26. The highest BCUT2D eigenvalue weighted by Crippen LogP contribution is 2.33. The van der Waals surface area contributed by atoms with Crippen LogP contribution in [0.25, 0.3) is 11.0 Å². The zero-order valence-electron chi connectivity index (χ0n) is 12.3. The second-order valence-electron chi connectivity index (χ2n) is 5.02. The molecule has 8 heteroatoms. The average molecular weight is 441 g/mol. The van der Waals surface area contributed by atoms with Gasteiger partial charge in [-0.15, -0.1) is 0 Å². The second kappa shape index (κ2) is 6.27. The van der Waals surface area contributed by atoms with Gasteiger partial charge >= 0.3 is 5.97 Å². The Kier molecular flexibility index (Phi) is 4.31. The maximum absolute atomic E-state index is 14.5. The second-order valence-corrected chi connectivity index (χ2v) is 6.27. The van der Waals surface area contributed by atoms with Crippen molar-refractivity contribution in [2.75, 3.05) is 5.32 Å². The molecule has 0 spiro atoms. The number of nitrogens with zero attached hydrogens (tertiary/aromatic N) is 2. The average Bonchev–Trinajstić information content (AvgIpc) is 2.54. The molecule has 1 heterocycles. The first kappa shape index (κ1) is 16.5. The van der Waals surface area contributed by atoms with Crippen LogP contribution in [0, 0.1) is 22.1 Å². The molecule has 5 nitrogen and oxygen atoms in total. The summed E-state index contributed by atoms with van der Waals surface area (Å²) in [5, 5.41) is 12.2. The van der Waals surface area contributed by atoms with Crippen molar-refractivity contribution in [2.24, 2.45) is 0 Å². The minimum absolute atomic E-state index is 0.213. The number of benzene rings is 2. The van der Waals surface area contributed by atoms with E-state index in [0.29, 0.717) is 5.69 Å². The van der Waals surface area contributed by atoms with Gasteiger partial charge in [0.15, 0.2) is 11.6 Å². The molecule has 0 saturated carbocycles. The molecule has 3 rings (SSSR count). The van der Waals surface area contributed by atoms with Crippen LogP contribution in [0.3, 0.4) is 0 Å². The molecule has 0 bridgehead atoms. The van der Waals surface area contributed by atoms with Crippen molar-refractivity contribution in [2.45, 2.75) is 6.92 Å². The van der Waals surface area contributed by atoms with Crippen LogP contribution >= 0.6 is 22.6 Å². The molecule has 0 amide bonds. The van der Waals surface area contributed by atoms with Crippen LogP contribution in [0.2, 0.25) is 0 Å². The van der Waals surface area contributed by atoms with Gasteiger partial charge in [0.05, 0.1) is 5.69 Å². The molecular weight excluding hydrogens is 431 g/mol. The van der Waals surface area contributed by atoms with Gasteiger partial charge in [0, 0.05) is 21.7 Å². The third-order valence-electron chi connectivity index (χ3n) is 3.47. The van der Waals surface area contributed by atoms with E-state index >= 15 is 0 Å². The molecule has 0 aliphatic rings. The van der Waals surface area contributed by atoms with Gasteiger partial charge in [0.2, 0.25) is 0 Å². The summed E-state index contributed by atoms with van der Waals surface area (Å²) in [5.74, 6) is -3.97. The van der Waals surface area contributed by atoms with Gasteiger partial charge in [-0.3, -0.25) is 4.98 Å². The Morgan fingerprint density at radius 3 is 2.46 bits per heavy atom. The number of anilines is 2. The molecule has 0 radical (unpaired) electrons. The largest absolute Gasteiger partial charge is 0.478 e. The van der Waals surface area contributed by atoms with E-state index < -0.39 is 34.4 Å². The van der Waals surface area contributed by atoms with E-state index in [1.54, 1.807) is 19.1 Å². The first-order valence-electron chi connectivity index (χ1n) is 6.78. The van der Waals surface area contributed by atoms with Crippen LogP contribution in [0.1, 0.15) is 15.9 Å². The fourth-order valence-corrected chi connectivity index (χ4v) is 3.00. The molecule has 2 N–H and O–H groups in total. The summed E-state index contributed by atoms with van der Waals surface area (Å²) in [7, 11) is 0. The number of aromatic carboxylic acids is 1. The summed E-state index contributed by atoms with van der Waals surface area (Å²) in [6, 6.07) is 5.27. The molecule has 0 saturated heterocycles. The van der Waals surface area contributed by atoms with Gasteiger partial charge in [0.25, 0.3) is 0 Å². The van der Waals surface area contributed by atoms with E-state index in [0.717, 1.165) is 9.13 Å². The van der Waals surface area contributed by atoms with Gasteiger partial charge in [-0.1, -0.05) is 0 Å². The minimum atomic E-state index is -1.43. The van der Waals surface area contributed by atoms with Crippen molar-refractivity contribution >= 4 is 51.0 Å². The SMILES string of the molecule is Cc1cc(I)ccc1Nc1c(F)c(F)c2nccnc2c1C(=O)O. The normalized spacial score (nSPS) is 10.8. The Balaban J connectivity index is 2.28. The van der Waals surface area contributed by atoms with E-state index in [1.165, 1.54) is 12.4 Å². The third kappa shape index (κ3) is 2.77. The lowest BCUT2D eigenvalue weighted by atomic mass is 10.1. The summed E-state index contributed by atoms with van der Waals surface area (Å²) in [5.41, 5.74) is -0.337. The molecule has 24 heavy (non-hydrogen) atoms. The first-order valence-corrected chi connectivity index (χ1v) is 7.86. The highest BCUT2D eigenvalue weighted by molar-refractivity contribution is 14.1. The van der Waals surface area contributed by atoms with E-state index in [4.69, 9.17) is 0 Å². The standard InChI is InChI=1S/C16H10F2IN3O2/c1-7-6-8(19)2-3-9(7)22-13-10(16(23)24)14-15(12(18)11(13)17)21-5-4-20-14/h2-6,22H,1H3,(H,23,24). The summed E-state index contributed by atoms with van der Waals surface area (Å²) in [6.07, 6.45) is 2.40. The van der Waals surface area contributed by atoms with Gasteiger partial charge in [0.1, 0.15) is 16.6 Å². The number of halogens is 3. The zero-order valence-corrected chi connectivity index (χ0v) is 14.4. The van der Waals surface area contributed by atoms with Gasteiger partial charge in [-0.05, 0) is 53.3 Å². The van der Waals surface area contributed by atoms with Crippen LogP contribution < -0.4 is 5.32 Å². The Morgan fingerprint density at radius 2 is 1.83 bits per heavy atom. The van der Waals surface area contributed by atoms with E-state index in [9.17, 15) is 18.7 Å². The zero-order chi connectivity index (χ0) is 17.4. The van der Waals surface area contributed by atoms with Crippen LogP contribution in [-0.4, -0.2) is 21.0 Å². The van der Waals surface area contributed by atoms with Crippen LogP contribution in [0.5, 0.6) is 0 Å². The molecule has 0 aliphatic heterocycles. The number of hydrogen-bond acceptors (Lipinski definition) is 4. The lowest BCUT2D eigenvalue weighted by Gasteiger charge is -2.15. The van der Waals surface area contributed by atoms with Gasteiger partial charge in [-0.25, -0.2) is 18.6 Å². The fourth-order valence-electron chi connectivity index (χ4n) is 2.35. The van der Waals surface area contributed by atoms with Gasteiger partial charge < -0.3 is 10.4 Å². The number of aryl methyl sites for hydroxylation is 1. The monoisotopic (exact) mass is 441 g/mol. The molecule has 0 atom stereocenters. The smallest absolute Gasteiger partial charge is 0.340 e. The predicted molar refractivity (Wildman–Crippen MR) is 93.6 cm³/mol. The maximum Gasteiger partial charge on any atom is 0.340 e. The van der Waals surface area contributed by atoms with E-state index in [2.05, 4.69) is 37.9 Å². The van der Waals surface area contributed by atoms with Crippen molar-refractivity contribution in [3.05, 3.63) is 56.9 Å².